The molecule has 2 aromatic rings. The van der Waals surface area contributed by atoms with Gasteiger partial charge in [-0.1, -0.05) is 31.2 Å². The number of pyridine rings is 1. The topological polar surface area (TPSA) is 42.4 Å². The summed E-state index contributed by atoms with van der Waals surface area (Å²) in [6.07, 6.45) is 13.1. The molecule has 1 heterocycles. The monoisotopic (exact) mass is 307 g/mol. The molecule has 0 fully saturated rings. The number of hydrogen-bond acceptors (Lipinski definition) is 3. The number of ether oxygens (including phenoxy) is 1. The summed E-state index contributed by atoms with van der Waals surface area (Å²) in [6.45, 7) is 2.17. The van der Waals surface area contributed by atoms with E-state index in [0.29, 0.717) is 0 Å². The van der Waals surface area contributed by atoms with E-state index < -0.39 is 5.41 Å². The van der Waals surface area contributed by atoms with Crippen LogP contribution in [0.4, 0.5) is 0 Å². The summed E-state index contributed by atoms with van der Waals surface area (Å²) in [5.74, 6) is 1.26. The van der Waals surface area contributed by atoms with Crippen molar-refractivity contribution >= 4 is 0 Å². The van der Waals surface area contributed by atoms with Gasteiger partial charge in [0.1, 0.15) is 11.5 Å². The minimum Gasteiger partial charge on any atom is -0.508 e. The Hall–Kier alpha value is -2.55. The third kappa shape index (κ3) is 2.52. The second-order valence-corrected chi connectivity index (χ2v) is 5.75. The number of nitrogens with zero attached hydrogens (tertiary/aromatic N) is 1. The molecule has 0 bridgehead atoms. The lowest BCUT2D eigenvalue weighted by Gasteiger charge is -2.40. The molecule has 1 aliphatic rings. The number of aromatic hydroxyl groups is 1. The average molecular weight is 307 g/mol. The van der Waals surface area contributed by atoms with Crippen molar-refractivity contribution in [3.8, 4) is 11.5 Å². The maximum atomic E-state index is 10.6. The summed E-state index contributed by atoms with van der Waals surface area (Å²) in [7, 11) is 1.64. The molecule has 1 N–H and O–H groups in total. The molecule has 1 aliphatic carbocycles. The maximum Gasteiger partial charge on any atom is 0.120 e. The van der Waals surface area contributed by atoms with Crippen molar-refractivity contribution in [1.82, 2.24) is 4.98 Å². The highest BCUT2D eigenvalue weighted by Crippen LogP contribution is 2.48. The van der Waals surface area contributed by atoms with Gasteiger partial charge in [-0.15, -0.1) is 0 Å². The van der Waals surface area contributed by atoms with Crippen LogP contribution >= 0.6 is 0 Å². The van der Waals surface area contributed by atoms with Crippen LogP contribution in [0.15, 0.2) is 67.0 Å². The molecular formula is C20H21NO2. The number of aromatic nitrogens is 1. The molecule has 1 aromatic heterocycles. The van der Waals surface area contributed by atoms with E-state index in [-0.39, 0.29) is 11.7 Å². The van der Waals surface area contributed by atoms with E-state index in [0.717, 1.165) is 23.3 Å². The molecule has 0 amide bonds. The van der Waals surface area contributed by atoms with E-state index in [1.165, 1.54) is 0 Å². The van der Waals surface area contributed by atoms with Crippen LogP contribution in [0, 0.1) is 5.92 Å². The molecule has 2 unspecified atom stereocenters. The van der Waals surface area contributed by atoms with Gasteiger partial charge in [0, 0.05) is 23.4 Å². The van der Waals surface area contributed by atoms with Crippen LogP contribution in [0.25, 0.3) is 0 Å². The van der Waals surface area contributed by atoms with Gasteiger partial charge in [0.2, 0.25) is 0 Å². The average Bonchev–Trinajstić information content (AvgIpc) is 2.62. The van der Waals surface area contributed by atoms with Crippen molar-refractivity contribution < 1.29 is 9.84 Å². The number of hydrogen-bond donors (Lipinski definition) is 1. The molecule has 3 rings (SSSR count). The fraction of sp³-hybridized carbons (Fsp3) is 0.250. The minimum absolute atomic E-state index is 0.243. The van der Waals surface area contributed by atoms with Crippen molar-refractivity contribution in [3.05, 3.63) is 78.2 Å². The van der Waals surface area contributed by atoms with E-state index in [1.54, 1.807) is 31.6 Å². The maximum absolute atomic E-state index is 10.6. The Kier molecular flexibility index (Phi) is 4.20. The first kappa shape index (κ1) is 15.3. The minimum atomic E-state index is -0.426. The lowest BCUT2D eigenvalue weighted by molar-refractivity contribution is 0.391. The normalized spacial score (nSPS) is 23.0. The van der Waals surface area contributed by atoms with Gasteiger partial charge in [0.05, 0.1) is 7.11 Å². The Bertz CT molecular complexity index is 737. The second kappa shape index (κ2) is 6.29. The van der Waals surface area contributed by atoms with Crippen molar-refractivity contribution in [2.24, 2.45) is 5.92 Å². The molecule has 23 heavy (non-hydrogen) atoms. The first-order valence-electron chi connectivity index (χ1n) is 7.86. The zero-order chi connectivity index (χ0) is 16.3. The molecule has 3 heteroatoms. The van der Waals surface area contributed by atoms with Crippen LogP contribution in [0.2, 0.25) is 0 Å². The number of allylic oxidation sites excluding steroid dienone is 4. The third-order valence-electron chi connectivity index (χ3n) is 4.65. The van der Waals surface area contributed by atoms with Gasteiger partial charge >= 0.3 is 0 Å². The Morgan fingerprint density at radius 3 is 2.65 bits per heavy atom. The zero-order valence-electron chi connectivity index (χ0n) is 13.4. The molecule has 0 aliphatic heterocycles. The number of phenolic OH excluding ortho intramolecular Hbond substituents is 1. The molecular weight excluding hydrogens is 286 g/mol. The van der Waals surface area contributed by atoms with Crippen LogP contribution in [-0.2, 0) is 5.41 Å². The number of benzene rings is 1. The summed E-state index contributed by atoms with van der Waals surface area (Å²) in [5, 5.41) is 10.6. The predicted octanol–water partition coefficient (Wildman–Crippen LogP) is 4.23. The van der Waals surface area contributed by atoms with Crippen molar-refractivity contribution in [3.63, 3.8) is 0 Å². The summed E-state index contributed by atoms with van der Waals surface area (Å²) >= 11 is 0. The summed E-state index contributed by atoms with van der Waals surface area (Å²) in [4.78, 5) is 4.14. The van der Waals surface area contributed by atoms with Crippen LogP contribution in [0.5, 0.6) is 11.5 Å². The van der Waals surface area contributed by atoms with Crippen molar-refractivity contribution in [2.75, 3.05) is 7.11 Å². The number of phenols is 1. The standard InChI is InChI=1S/C20H21NO2/c1-3-15-6-4-5-11-20(15,16-9-12-21-13-10-16)18-14-17(23-2)7-8-19(18)22/h4-15,22H,3H2,1-2H3. The summed E-state index contributed by atoms with van der Waals surface area (Å²) in [5.41, 5.74) is 1.55. The van der Waals surface area contributed by atoms with Crippen molar-refractivity contribution in [1.29, 1.82) is 0 Å². The number of rotatable bonds is 4. The molecule has 1 aromatic carbocycles. The summed E-state index contributed by atoms with van der Waals surface area (Å²) in [6, 6.07) is 9.45. The van der Waals surface area contributed by atoms with Gasteiger partial charge < -0.3 is 9.84 Å². The molecule has 0 saturated heterocycles. The largest absolute Gasteiger partial charge is 0.508 e. The SMILES string of the molecule is CCC1C=CC=CC1(c1ccncc1)c1cc(OC)ccc1O. The van der Waals surface area contributed by atoms with E-state index >= 15 is 0 Å². The Morgan fingerprint density at radius 1 is 1.17 bits per heavy atom. The van der Waals surface area contributed by atoms with Gasteiger partial charge in [-0.3, -0.25) is 4.98 Å². The third-order valence-corrected chi connectivity index (χ3v) is 4.65. The van der Waals surface area contributed by atoms with E-state index in [9.17, 15) is 5.11 Å². The molecule has 2 atom stereocenters. The lowest BCUT2D eigenvalue weighted by Crippen LogP contribution is -2.35. The van der Waals surface area contributed by atoms with E-state index in [2.05, 4.69) is 30.1 Å². The lowest BCUT2D eigenvalue weighted by atomic mass is 9.63. The molecule has 0 spiro atoms. The number of methoxy groups -OCH3 is 1. The van der Waals surface area contributed by atoms with Crippen LogP contribution in [0.3, 0.4) is 0 Å². The van der Waals surface area contributed by atoms with Gasteiger partial charge in [-0.05, 0) is 48.2 Å². The predicted molar refractivity (Wildman–Crippen MR) is 91.7 cm³/mol. The van der Waals surface area contributed by atoms with Gasteiger partial charge in [-0.2, -0.15) is 0 Å². The Morgan fingerprint density at radius 2 is 1.96 bits per heavy atom. The first-order valence-corrected chi connectivity index (χ1v) is 7.86. The Labute approximate surface area is 137 Å². The van der Waals surface area contributed by atoms with E-state index in [1.807, 2.05) is 24.3 Å². The second-order valence-electron chi connectivity index (χ2n) is 5.75. The van der Waals surface area contributed by atoms with Crippen LogP contribution < -0.4 is 4.74 Å². The molecule has 0 saturated carbocycles. The quantitative estimate of drug-likeness (QED) is 0.919. The molecule has 0 radical (unpaired) electrons. The highest BCUT2D eigenvalue weighted by atomic mass is 16.5. The Balaban J connectivity index is 2.29. The molecule has 3 nitrogen and oxygen atoms in total. The molecule has 118 valence electrons. The first-order chi connectivity index (χ1) is 11.2. The summed E-state index contributed by atoms with van der Waals surface area (Å²) < 4.78 is 5.38. The highest BCUT2D eigenvalue weighted by Gasteiger charge is 2.40. The fourth-order valence-electron chi connectivity index (χ4n) is 3.50. The fourth-order valence-corrected chi connectivity index (χ4v) is 3.50. The van der Waals surface area contributed by atoms with Gasteiger partial charge in [-0.25, -0.2) is 0 Å². The smallest absolute Gasteiger partial charge is 0.120 e. The zero-order valence-corrected chi connectivity index (χ0v) is 13.4. The van der Waals surface area contributed by atoms with Crippen LogP contribution in [-0.4, -0.2) is 17.2 Å². The van der Waals surface area contributed by atoms with Crippen LogP contribution in [0.1, 0.15) is 24.5 Å². The van der Waals surface area contributed by atoms with Gasteiger partial charge in [0.25, 0.3) is 0 Å². The van der Waals surface area contributed by atoms with E-state index in [4.69, 9.17) is 4.74 Å². The van der Waals surface area contributed by atoms with Gasteiger partial charge in [0.15, 0.2) is 0 Å². The highest BCUT2D eigenvalue weighted by molar-refractivity contribution is 5.55. The van der Waals surface area contributed by atoms with Crippen molar-refractivity contribution in [2.45, 2.75) is 18.8 Å².